The first-order valence-corrected chi connectivity index (χ1v) is 4.12. The molecule has 60 valence electrons. The molecule has 0 saturated heterocycles. The van der Waals surface area contributed by atoms with Crippen LogP contribution in [0.15, 0.2) is 17.0 Å². The van der Waals surface area contributed by atoms with E-state index in [9.17, 15) is 4.79 Å². The van der Waals surface area contributed by atoms with Crippen molar-refractivity contribution in [2.24, 2.45) is 0 Å². The molecule has 0 amide bonds. The maximum atomic E-state index is 10.1. The van der Waals surface area contributed by atoms with E-state index in [0.717, 1.165) is 5.56 Å². The molecule has 4 nitrogen and oxygen atoms in total. The van der Waals surface area contributed by atoms with Crippen molar-refractivity contribution in [3.05, 3.63) is 18.0 Å². The van der Waals surface area contributed by atoms with Gasteiger partial charge in [0, 0.05) is 11.3 Å². The first kappa shape index (κ1) is 8.13. The first-order valence-electron chi connectivity index (χ1n) is 2.97. The average molecular weight is 173 g/mol. The first-order chi connectivity index (χ1) is 5.29. The van der Waals surface area contributed by atoms with Crippen molar-refractivity contribution < 1.29 is 14.4 Å². The molecule has 0 unspecified atom stereocenters. The lowest BCUT2D eigenvalue weighted by Gasteiger charge is -1.91. The summed E-state index contributed by atoms with van der Waals surface area (Å²) in [6.45, 7) is 0. The van der Waals surface area contributed by atoms with Crippen LogP contribution in [0.2, 0.25) is 0 Å². The lowest BCUT2D eigenvalue weighted by atomic mass is 10.4. The summed E-state index contributed by atoms with van der Waals surface area (Å²) in [5, 5.41) is 11.8. The summed E-state index contributed by atoms with van der Waals surface area (Å²) in [5.74, 6) is -0.0486. The van der Waals surface area contributed by atoms with Crippen molar-refractivity contribution in [2.75, 3.05) is 5.75 Å². The molecule has 0 aliphatic carbocycles. The van der Waals surface area contributed by atoms with E-state index in [0.29, 0.717) is 5.75 Å². The van der Waals surface area contributed by atoms with Crippen LogP contribution in [0.1, 0.15) is 5.56 Å². The van der Waals surface area contributed by atoms with Crippen molar-refractivity contribution in [3.63, 3.8) is 0 Å². The van der Waals surface area contributed by atoms with E-state index >= 15 is 0 Å². The third-order valence-corrected chi connectivity index (χ3v) is 1.97. The van der Waals surface area contributed by atoms with Crippen LogP contribution in [0.25, 0.3) is 0 Å². The fraction of sp³-hybridized carbons (Fsp3) is 0.333. The normalized spacial score (nSPS) is 9.82. The van der Waals surface area contributed by atoms with Crippen LogP contribution < -0.4 is 0 Å². The van der Waals surface area contributed by atoms with Crippen LogP contribution in [0, 0.1) is 0 Å². The standard InChI is InChI=1S/C6H7NO3S/c8-6(9)4-11-3-5-1-7-10-2-5/h1-2H,3-4H2,(H,8,9). The molecule has 0 fully saturated rings. The SMILES string of the molecule is O=C(O)CSCc1cnoc1. The van der Waals surface area contributed by atoms with Gasteiger partial charge >= 0.3 is 5.97 Å². The van der Waals surface area contributed by atoms with Crippen molar-refractivity contribution >= 4 is 17.7 Å². The summed E-state index contributed by atoms with van der Waals surface area (Å²) in [5.41, 5.74) is 0.913. The molecule has 0 aliphatic rings. The summed E-state index contributed by atoms with van der Waals surface area (Å²) < 4.78 is 4.56. The summed E-state index contributed by atoms with van der Waals surface area (Å²) in [6, 6.07) is 0. The lowest BCUT2D eigenvalue weighted by Crippen LogP contribution is -1.97. The Balaban J connectivity index is 2.19. The van der Waals surface area contributed by atoms with Gasteiger partial charge in [0.25, 0.3) is 0 Å². The minimum Gasteiger partial charge on any atom is -0.481 e. The Morgan fingerprint density at radius 2 is 2.64 bits per heavy atom. The minimum atomic E-state index is -0.800. The van der Waals surface area contributed by atoms with E-state index in [2.05, 4.69) is 9.68 Å². The van der Waals surface area contributed by atoms with Crippen LogP contribution >= 0.6 is 11.8 Å². The number of aromatic nitrogens is 1. The number of aliphatic carboxylic acids is 1. The highest BCUT2D eigenvalue weighted by atomic mass is 32.2. The van der Waals surface area contributed by atoms with E-state index in [1.807, 2.05) is 0 Å². The lowest BCUT2D eigenvalue weighted by molar-refractivity contribution is -0.133. The summed E-state index contributed by atoms with van der Waals surface area (Å²) in [6.07, 6.45) is 3.09. The number of thioether (sulfide) groups is 1. The van der Waals surface area contributed by atoms with Crippen molar-refractivity contribution in [2.45, 2.75) is 5.75 Å². The molecule has 1 N–H and O–H groups in total. The van der Waals surface area contributed by atoms with Gasteiger partial charge in [0.15, 0.2) is 0 Å². The van der Waals surface area contributed by atoms with Crippen LogP contribution in [-0.4, -0.2) is 22.0 Å². The Labute approximate surface area is 67.6 Å². The molecule has 5 heteroatoms. The second kappa shape index (κ2) is 4.02. The van der Waals surface area contributed by atoms with Crippen LogP contribution in [0.4, 0.5) is 0 Å². The van der Waals surface area contributed by atoms with Gasteiger partial charge in [-0.15, -0.1) is 11.8 Å². The molecule has 0 spiro atoms. The van der Waals surface area contributed by atoms with Crippen LogP contribution in [0.5, 0.6) is 0 Å². The number of hydrogen-bond donors (Lipinski definition) is 1. The molecule has 11 heavy (non-hydrogen) atoms. The Hall–Kier alpha value is -0.970. The molecular formula is C6H7NO3S. The predicted molar refractivity (Wildman–Crippen MR) is 40.3 cm³/mol. The van der Waals surface area contributed by atoms with Gasteiger partial charge in [0.05, 0.1) is 11.9 Å². The Morgan fingerprint density at radius 1 is 1.82 bits per heavy atom. The average Bonchev–Trinajstić information content (AvgIpc) is 2.39. The maximum absolute atomic E-state index is 10.1. The van der Waals surface area contributed by atoms with Crippen molar-refractivity contribution in [3.8, 4) is 0 Å². The number of carboxylic acids is 1. The zero-order valence-corrected chi connectivity index (χ0v) is 6.50. The van der Waals surface area contributed by atoms with E-state index in [1.54, 1.807) is 6.20 Å². The highest BCUT2D eigenvalue weighted by Gasteiger charge is 1.99. The van der Waals surface area contributed by atoms with Gasteiger partial charge in [0.1, 0.15) is 6.26 Å². The van der Waals surface area contributed by atoms with Gasteiger partial charge in [-0.05, 0) is 0 Å². The molecule has 0 bridgehead atoms. The molecule has 1 aromatic rings. The smallest absolute Gasteiger partial charge is 0.313 e. The number of rotatable bonds is 4. The van der Waals surface area contributed by atoms with E-state index in [4.69, 9.17) is 5.11 Å². The topological polar surface area (TPSA) is 63.3 Å². The monoisotopic (exact) mass is 173 g/mol. The molecule has 0 saturated carbocycles. The zero-order chi connectivity index (χ0) is 8.10. The molecule has 0 aliphatic heterocycles. The Morgan fingerprint density at radius 3 is 3.18 bits per heavy atom. The van der Waals surface area contributed by atoms with Crippen molar-refractivity contribution in [1.82, 2.24) is 5.16 Å². The fourth-order valence-corrected chi connectivity index (χ4v) is 1.21. The highest BCUT2D eigenvalue weighted by Crippen LogP contribution is 2.10. The number of hydrogen-bond acceptors (Lipinski definition) is 4. The van der Waals surface area contributed by atoms with Gasteiger partial charge in [-0.2, -0.15) is 0 Å². The van der Waals surface area contributed by atoms with Gasteiger partial charge in [0.2, 0.25) is 0 Å². The van der Waals surface area contributed by atoms with E-state index < -0.39 is 5.97 Å². The predicted octanol–water partition coefficient (Wildman–Crippen LogP) is 0.992. The van der Waals surface area contributed by atoms with E-state index in [1.165, 1.54) is 18.0 Å². The fourth-order valence-electron chi connectivity index (χ4n) is 0.554. The molecule has 1 rings (SSSR count). The van der Waals surface area contributed by atoms with Gasteiger partial charge in [-0.25, -0.2) is 0 Å². The third-order valence-electron chi connectivity index (χ3n) is 0.978. The number of carboxylic acid groups (broad SMARTS) is 1. The molecule has 0 atom stereocenters. The Kier molecular flexibility index (Phi) is 2.97. The number of nitrogens with zero attached hydrogens (tertiary/aromatic N) is 1. The van der Waals surface area contributed by atoms with Crippen molar-refractivity contribution in [1.29, 1.82) is 0 Å². The molecule has 1 aromatic heterocycles. The maximum Gasteiger partial charge on any atom is 0.313 e. The summed E-state index contributed by atoms with van der Waals surface area (Å²) in [7, 11) is 0. The number of carbonyl (C=O) groups is 1. The second-order valence-electron chi connectivity index (χ2n) is 1.92. The zero-order valence-electron chi connectivity index (χ0n) is 5.69. The van der Waals surface area contributed by atoms with Gasteiger partial charge in [-0.3, -0.25) is 4.79 Å². The molecule has 0 radical (unpaired) electrons. The highest BCUT2D eigenvalue weighted by molar-refractivity contribution is 7.99. The van der Waals surface area contributed by atoms with Crippen LogP contribution in [0.3, 0.4) is 0 Å². The molecule has 1 heterocycles. The molecular weight excluding hydrogens is 166 g/mol. The summed E-state index contributed by atoms with van der Waals surface area (Å²) in [4.78, 5) is 10.1. The quantitative estimate of drug-likeness (QED) is 0.735. The van der Waals surface area contributed by atoms with Gasteiger partial charge < -0.3 is 9.63 Å². The van der Waals surface area contributed by atoms with Gasteiger partial charge in [-0.1, -0.05) is 5.16 Å². The second-order valence-corrected chi connectivity index (χ2v) is 2.90. The summed E-state index contributed by atoms with van der Waals surface area (Å²) >= 11 is 1.32. The van der Waals surface area contributed by atoms with E-state index in [-0.39, 0.29) is 5.75 Å². The minimum absolute atomic E-state index is 0.116. The molecule has 0 aromatic carbocycles. The van der Waals surface area contributed by atoms with Crippen LogP contribution in [-0.2, 0) is 10.5 Å². The largest absolute Gasteiger partial charge is 0.481 e. The third kappa shape index (κ3) is 3.08. The Bertz CT molecular complexity index is 222.